The standard InChI is InChI=1S/C25H24FN5O/c1-14-12-25(14,30-24(32)16-3-5-18(26)6-4-16)21-8-7-20-23(29-21)19-11-17(19)13-31(20)22-9-10-27-15(2)28-22/h3-10,14,17,19H,11-13H2,1-2H3,(H,30,32). The maximum atomic E-state index is 13.3. The van der Waals surface area contributed by atoms with Gasteiger partial charge in [0.1, 0.15) is 17.5 Å². The molecule has 1 aliphatic heterocycles. The Bertz CT molecular complexity index is 1230. The first-order valence-electron chi connectivity index (χ1n) is 11.1. The van der Waals surface area contributed by atoms with Crippen LogP contribution in [0.4, 0.5) is 15.9 Å². The van der Waals surface area contributed by atoms with Gasteiger partial charge in [-0.15, -0.1) is 0 Å². The number of aromatic nitrogens is 3. The zero-order chi connectivity index (χ0) is 22.0. The zero-order valence-corrected chi connectivity index (χ0v) is 18.0. The fraction of sp³-hybridized carbons (Fsp3) is 0.360. The van der Waals surface area contributed by atoms with E-state index < -0.39 is 5.54 Å². The number of halogens is 1. The first-order chi connectivity index (χ1) is 15.4. The summed E-state index contributed by atoms with van der Waals surface area (Å²) in [6.45, 7) is 4.97. The Balaban J connectivity index is 1.33. The van der Waals surface area contributed by atoms with Gasteiger partial charge in [-0.3, -0.25) is 9.78 Å². The molecule has 4 atom stereocenters. The number of nitrogens with one attached hydrogen (secondary N) is 1. The van der Waals surface area contributed by atoms with Crippen LogP contribution in [0.2, 0.25) is 0 Å². The average molecular weight is 429 g/mol. The van der Waals surface area contributed by atoms with Crippen LogP contribution in [-0.2, 0) is 5.54 Å². The van der Waals surface area contributed by atoms with Crippen molar-refractivity contribution in [2.45, 2.75) is 38.1 Å². The summed E-state index contributed by atoms with van der Waals surface area (Å²) in [5.41, 5.74) is 3.09. The van der Waals surface area contributed by atoms with Crippen molar-refractivity contribution in [2.75, 3.05) is 11.4 Å². The molecule has 1 amide bonds. The normalized spacial score (nSPS) is 27.3. The lowest BCUT2D eigenvalue weighted by Gasteiger charge is -2.30. The molecule has 2 aliphatic carbocycles. The van der Waals surface area contributed by atoms with Gasteiger partial charge in [-0.05, 0) is 74.1 Å². The van der Waals surface area contributed by atoms with Gasteiger partial charge >= 0.3 is 0 Å². The maximum Gasteiger partial charge on any atom is 0.252 e. The third-order valence-corrected chi connectivity index (χ3v) is 7.13. The number of benzene rings is 1. The Kier molecular flexibility index (Phi) is 4.12. The minimum Gasteiger partial charge on any atom is -0.341 e. The van der Waals surface area contributed by atoms with E-state index in [-0.39, 0.29) is 17.6 Å². The minimum atomic E-state index is -0.474. The van der Waals surface area contributed by atoms with E-state index in [1.54, 1.807) is 6.20 Å². The highest BCUT2D eigenvalue weighted by Crippen LogP contribution is 2.57. The summed E-state index contributed by atoms with van der Waals surface area (Å²) in [6, 6.07) is 11.8. The molecule has 6 nitrogen and oxygen atoms in total. The van der Waals surface area contributed by atoms with E-state index in [1.165, 1.54) is 24.3 Å². The number of aryl methyl sites for hydroxylation is 1. The summed E-state index contributed by atoms with van der Waals surface area (Å²) < 4.78 is 13.3. The number of amides is 1. The van der Waals surface area contributed by atoms with E-state index in [1.807, 2.05) is 19.1 Å². The summed E-state index contributed by atoms with van der Waals surface area (Å²) in [7, 11) is 0. The van der Waals surface area contributed by atoms with Gasteiger partial charge in [0, 0.05) is 24.2 Å². The fourth-order valence-electron chi connectivity index (χ4n) is 5.04. The number of hydrogen-bond acceptors (Lipinski definition) is 5. The predicted molar refractivity (Wildman–Crippen MR) is 118 cm³/mol. The van der Waals surface area contributed by atoms with Crippen LogP contribution in [0, 0.1) is 24.6 Å². The molecule has 2 aromatic heterocycles. The van der Waals surface area contributed by atoms with E-state index in [0.29, 0.717) is 17.4 Å². The molecule has 3 aromatic rings. The Morgan fingerprint density at radius 2 is 1.94 bits per heavy atom. The molecule has 0 bridgehead atoms. The van der Waals surface area contributed by atoms with Crippen LogP contribution in [0.3, 0.4) is 0 Å². The van der Waals surface area contributed by atoms with E-state index >= 15 is 0 Å². The highest BCUT2D eigenvalue weighted by Gasteiger charge is 2.56. The SMILES string of the molecule is Cc1nccc(N2CC3CC3c3nc(C4(NC(=O)c5ccc(F)cc5)CC4C)ccc32)n1. The quantitative estimate of drug-likeness (QED) is 0.672. The van der Waals surface area contributed by atoms with Crippen molar-refractivity contribution in [3.63, 3.8) is 0 Å². The third kappa shape index (κ3) is 3.06. The van der Waals surface area contributed by atoms with Crippen LogP contribution in [0.1, 0.15) is 53.3 Å². The molecule has 2 saturated carbocycles. The molecule has 7 heteroatoms. The molecule has 1 aromatic carbocycles. The van der Waals surface area contributed by atoms with E-state index in [0.717, 1.165) is 48.1 Å². The summed E-state index contributed by atoms with van der Waals surface area (Å²) >= 11 is 0. The number of nitrogens with zero attached hydrogens (tertiary/aromatic N) is 4. The van der Waals surface area contributed by atoms with Gasteiger partial charge in [-0.25, -0.2) is 14.4 Å². The van der Waals surface area contributed by atoms with Crippen LogP contribution in [-0.4, -0.2) is 27.4 Å². The molecule has 2 fully saturated rings. The molecule has 0 saturated heterocycles. The van der Waals surface area contributed by atoms with Gasteiger partial charge in [0.15, 0.2) is 0 Å². The smallest absolute Gasteiger partial charge is 0.252 e. The second-order valence-corrected chi connectivity index (χ2v) is 9.31. The molecule has 32 heavy (non-hydrogen) atoms. The number of rotatable bonds is 4. The van der Waals surface area contributed by atoms with Crippen molar-refractivity contribution in [1.82, 2.24) is 20.3 Å². The summed E-state index contributed by atoms with van der Waals surface area (Å²) in [5, 5.41) is 3.20. The van der Waals surface area contributed by atoms with Gasteiger partial charge in [0.05, 0.1) is 22.6 Å². The number of fused-ring (bicyclic) bond motifs is 3. The van der Waals surface area contributed by atoms with Crippen molar-refractivity contribution in [3.05, 3.63) is 77.3 Å². The Morgan fingerprint density at radius 3 is 2.66 bits per heavy atom. The monoisotopic (exact) mass is 429 g/mol. The molecule has 6 rings (SSSR count). The summed E-state index contributed by atoms with van der Waals surface area (Å²) in [6.07, 6.45) is 3.77. The van der Waals surface area contributed by atoms with Gasteiger partial charge in [-0.2, -0.15) is 0 Å². The van der Waals surface area contributed by atoms with Crippen LogP contribution >= 0.6 is 0 Å². The van der Waals surface area contributed by atoms with Crippen molar-refractivity contribution in [1.29, 1.82) is 0 Å². The Morgan fingerprint density at radius 1 is 1.16 bits per heavy atom. The molecular weight excluding hydrogens is 405 g/mol. The van der Waals surface area contributed by atoms with Crippen molar-refractivity contribution in [3.8, 4) is 0 Å². The average Bonchev–Trinajstić information content (AvgIpc) is 3.70. The minimum absolute atomic E-state index is 0.198. The van der Waals surface area contributed by atoms with Crippen molar-refractivity contribution >= 4 is 17.4 Å². The van der Waals surface area contributed by atoms with E-state index in [9.17, 15) is 9.18 Å². The predicted octanol–water partition coefficient (Wildman–Crippen LogP) is 4.24. The number of hydrogen-bond donors (Lipinski definition) is 1. The number of pyridine rings is 1. The topological polar surface area (TPSA) is 71.0 Å². The first kappa shape index (κ1) is 19.3. The molecule has 0 spiro atoms. The molecule has 1 N–H and O–H groups in total. The number of anilines is 2. The molecule has 4 unspecified atom stereocenters. The lowest BCUT2D eigenvalue weighted by molar-refractivity contribution is 0.0926. The summed E-state index contributed by atoms with van der Waals surface area (Å²) in [5.74, 6) is 2.45. The fourth-order valence-corrected chi connectivity index (χ4v) is 5.04. The van der Waals surface area contributed by atoms with Gasteiger partial charge in [0.2, 0.25) is 0 Å². The number of carbonyl (C=O) groups excluding carboxylic acids is 1. The first-order valence-corrected chi connectivity index (χ1v) is 11.1. The Labute approximate surface area is 185 Å². The van der Waals surface area contributed by atoms with E-state index in [4.69, 9.17) is 4.98 Å². The zero-order valence-electron chi connectivity index (χ0n) is 18.0. The number of carbonyl (C=O) groups is 1. The van der Waals surface area contributed by atoms with Gasteiger partial charge < -0.3 is 10.2 Å². The van der Waals surface area contributed by atoms with Crippen molar-refractivity contribution < 1.29 is 9.18 Å². The second-order valence-electron chi connectivity index (χ2n) is 9.31. The molecule has 162 valence electrons. The molecule has 3 heterocycles. The highest BCUT2D eigenvalue weighted by atomic mass is 19.1. The largest absolute Gasteiger partial charge is 0.341 e. The molecule has 0 radical (unpaired) electrons. The van der Waals surface area contributed by atoms with Crippen molar-refractivity contribution in [2.24, 2.45) is 11.8 Å². The van der Waals surface area contributed by atoms with Crippen LogP contribution in [0.25, 0.3) is 0 Å². The van der Waals surface area contributed by atoms with Gasteiger partial charge in [-0.1, -0.05) is 6.92 Å². The second kappa shape index (κ2) is 6.82. The Hall–Kier alpha value is -3.35. The molecule has 3 aliphatic rings. The van der Waals surface area contributed by atoms with Crippen LogP contribution in [0.15, 0.2) is 48.7 Å². The van der Waals surface area contributed by atoms with Crippen LogP contribution in [0.5, 0.6) is 0 Å². The summed E-state index contributed by atoms with van der Waals surface area (Å²) in [4.78, 5) is 29.1. The maximum absolute atomic E-state index is 13.3. The lowest BCUT2D eigenvalue weighted by Crippen LogP contribution is -2.37. The lowest BCUT2D eigenvalue weighted by atomic mass is 10.0. The third-order valence-electron chi connectivity index (χ3n) is 7.13. The van der Waals surface area contributed by atoms with Crippen LogP contribution < -0.4 is 10.2 Å². The molecular formula is C25H24FN5O. The van der Waals surface area contributed by atoms with Gasteiger partial charge in [0.25, 0.3) is 5.91 Å². The van der Waals surface area contributed by atoms with E-state index in [2.05, 4.69) is 33.2 Å². The highest BCUT2D eigenvalue weighted by molar-refractivity contribution is 5.95.